The molecular weight excluding hydrogens is 278 g/mol. The fourth-order valence-electron chi connectivity index (χ4n) is 2.37. The van der Waals surface area contributed by atoms with E-state index >= 15 is 0 Å². The second kappa shape index (κ2) is 6.08. The van der Waals surface area contributed by atoms with E-state index in [2.05, 4.69) is 15.2 Å². The molecule has 5 nitrogen and oxygen atoms in total. The van der Waals surface area contributed by atoms with Crippen LogP contribution in [-0.2, 0) is 16.1 Å². The molecule has 0 aromatic carbocycles. The first-order valence-electron chi connectivity index (χ1n) is 6.95. The highest BCUT2D eigenvalue weighted by Crippen LogP contribution is 2.20. The van der Waals surface area contributed by atoms with Gasteiger partial charge in [-0.1, -0.05) is 11.6 Å². The van der Waals surface area contributed by atoms with Gasteiger partial charge in [-0.25, -0.2) is 4.98 Å². The predicted molar refractivity (Wildman–Crippen MR) is 75.4 cm³/mol. The Hall–Kier alpha value is -1.17. The van der Waals surface area contributed by atoms with Crippen LogP contribution in [0.4, 0.5) is 0 Å². The summed E-state index contributed by atoms with van der Waals surface area (Å²) in [4.78, 5) is 18.4. The Morgan fingerprint density at radius 1 is 1.55 bits per heavy atom. The zero-order valence-electron chi connectivity index (χ0n) is 11.2. The molecule has 1 saturated carbocycles. The van der Waals surface area contributed by atoms with E-state index in [4.69, 9.17) is 16.3 Å². The Morgan fingerprint density at radius 2 is 2.40 bits per heavy atom. The quantitative estimate of drug-likeness (QED) is 0.849. The molecule has 1 aliphatic heterocycles. The molecule has 1 saturated heterocycles. The Balaban J connectivity index is 1.66. The van der Waals surface area contributed by atoms with Crippen LogP contribution >= 0.6 is 11.6 Å². The smallest absolute Gasteiger partial charge is 0.239 e. The fraction of sp³-hybridized carbons (Fsp3) is 0.571. The van der Waals surface area contributed by atoms with Crippen molar-refractivity contribution in [1.82, 2.24) is 15.2 Å². The molecule has 3 rings (SSSR count). The molecule has 20 heavy (non-hydrogen) atoms. The van der Waals surface area contributed by atoms with Crippen LogP contribution in [0, 0.1) is 0 Å². The van der Waals surface area contributed by atoms with Crippen molar-refractivity contribution in [3.05, 3.63) is 29.0 Å². The molecule has 2 heterocycles. The van der Waals surface area contributed by atoms with Gasteiger partial charge in [-0.05, 0) is 30.5 Å². The van der Waals surface area contributed by atoms with E-state index in [0.29, 0.717) is 31.0 Å². The zero-order valence-corrected chi connectivity index (χ0v) is 12.0. The number of nitrogens with one attached hydrogen (secondary N) is 1. The first-order chi connectivity index (χ1) is 9.72. The number of carbonyl (C=O) groups is 1. The van der Waals surface area contributed by atoms with E-state index in [1.165, 1.54) is 0 Å². The monoisotopic (exact) mass is 295 g/mol. The average Bonchev–Trinajstić information content (AvgIpc) is 3.23. The summed E-state index contributed by atoms with van der Waals surface area (Å²) >= 11 is 5.90. The van der Waals surface area contributed by atoms with Gasteiger partial charge in [0.2, 0.25) is 5.91 Å². The van der Waals surface area contributed by atoms with Gasteiger partial charge in [0.1, 0.15) is 11.2 Å². The molecule has 6 heteroatoms. The van der Waals surface area contributed by atoms with E-state index in [1.54, 1.807) is 6.20 Å². The zero-order chi connectivity index (χ0) is 13.9. The van der Waals surface area contributed by atoms with Gasteiger partial charge in [0, 0.05) is 25.3 Å². The van der Waals surface area contributed by atoms with Crippen molar-refractivity contribution in [3.63, 3.8) is 0 Å². The van der Waals surface area contributed by atoms with E-state index in [-0.39, 0.29) is 11.9 Å². The normalized spacial score (nSPS) is 23.6. The third kappa shape index (κ3) is 3.48. The summed E-state index contributed by atoms with van der Waals surface area (Å²) in [5.74, 6) is 0.0763. The van der Waals surface area contributed by atoms with Gasteiger partial charge in [-0.3, -0.25) is 9.69 Å². The molecule has 2 fully saturated rings. The summed E-state index contributed by atoms with van der Waals surface area (Å²) in [6.07, 6.45) is 3.88. The van der Waals surface area contributed by atoms with Crippen LogP contribution in [0.2, 0.25) is 5.15 Å². The van der Waals surface area contributed by atoms with Crippen molar-refractivity contribution in [2.24, 2.45) is 0 Å². The van der Waals surface area contributed by atoms with E-state index in [9.17, 15) is 4.79 Å². The van der Waals surface area contributed by atoms with Gasteiger partial charge >= 0.3 is 0 Å². The van der Waals surface area contributed by atoms with Gasteiger partial charge < -0.3 is 10.1 Å². The van der Waals surface area contributed by atoms with Crippen LogP contribution in [-0.4, -0.2) is 47.6 Å². The summed E-state index contributed by atoms with van der Waals surface area (Å²) < 4.78 is 5.46. The summed E-state index contributed by atoms with van der Waals surface area (Å²) in [6.45, 7) is 2.56. The lowest BCUT2D eigenvalue weighted by molar-refractivity contribution is -0.133. The average molecular weight is 296 g/mol. The summed E-state index contributed by atoms with van der Waals surface area (Å²) in [7, 11) is 0. The summed E-state index contributed by atoms with van der Waals surface area (Å²) in [6, 6.07) is 3.93. The molecule has 108 valence electrons. The first-order valence-corrected chi connectivity index (χ1v) is 7.33. The lowest BCUT2D eigenvalue weighted by Crippen LogP contribution is -2.53. The number of rotatable bonds is 4. The maximum atomic E-state index is 12.2. The molecule has 1 aliphatic carbocycles. The number of amides is 1. The number of morpholine rings is 1. The molecular formula is C14H18ClN3O2. The molecule has 1 N–H and O–H groups in total. The molecule has 1 unspecified atom stereocenters. The highest BCUT2D eigenvalue weighted by molar-refractivity contribution is 6.29. The van der Waals surface area contributed by atoms with Crippen LogP contribution in [0.25, 0.3) is 0 Å². The molecule has 2 aliphatic rings. The molecule has 0 radical (unpaired) electrons. The lowest BCUT2D eigenvalue weighted by atomic mass is 10.1. The fourth-order valence-corrected chi connectivity index (χ4v) is 2.57. The molecule has 0 bridgehead atoms. The summed E-state index contributed by atoms with van der Waals surface area (Å²) in [5.41, 5.74) is 1.07. The molecule has 1 aromatic rings. The minimum absolute atomic E-state index is 0.0763. The standard InChI is InChI=1S/C14H18ClN3O2/c15-13-7-10(3-4-16-13)8-18-5-6-20-9-12(18)14(19)17-11-1-2-11/h3-4,7,11-12H,1-2,5-6,8-9H2,(H,17,19). The number of carbonyl (C=O) groups excluding carboxylic acids is 1. The second-order valence-electron chi connectivity index (χ2n) is 5.33. The maximum Gasteiger partial charge on any atom is 0.239 e. The minimum atomic E-state index is -0.212. The number of hydrogen-bond acceptors (Lipinski definition) is 4. The van der Waals surface area contributed by atoms with E-state index in [0.717, 1.165) is 24.9 Å². The highest BCUT2D eigenvalue weighted by Gasteiger charge is 2.33. The Kier molecular flexibility index (Phi) is 4.19. The maximum absolute atomic E-state index is 12.2. The molecule has 0 spiro atoms. The number of aromatic nitrogens is 1. The number of pyridine rings is 1. The number of hydrogen-bond donors (Lipinski definition) is 1. The van der Waals surface area contributed by atoms with Gasteiger partial charge in [0.25, 0.3) is 0 Å². The Labute approximate surface area is 123 Å². The lowest BCUT2D eigenvalue weighted by Gasteiger charge is -2.34. The van der Waals surface area contributed by atoms with Crippen molar-refractivity contribution < 1.29 is 9.53 Å². The van der Waals surface area contributed by atoms with E-state index < -0.39 is 0 Å². The third-order valence-corrected chi connectivity index (χ3v) is 3.85. The van der Waals surface area contributed by atoms with Gasteiger partial charge in [0.05, 0.1) is 13.2 Å². The van der Waals surface area contributed by atoms with Crippen molar-refractivity contribution in [2.45, 2.75) is 31.5 Å². The van der Waals surface area contributed by atoms with Crippen LogP contribution < -0.4 is 5.32 Å². The Bertz CT molecular complexity index is 493. The number of ether oxygens (including phenoxy) is 1. The second-order valence-corrected chi connectivity index (χ2v) is 5.72. The van der Waals surface area contributed by atoms with Crippen molar-refractivity contribution in [2.75, 3.05) is 19.8 Å². The van der Waals surface area contributed by atoms with Crippen molar-refractivity contribution in [1.29, 1.82) is 0 Å². The van der Waals surface area contributed by atoms with Crippen LogP contribution in [0.15, 0.2) is 18.3 Å². The minimum Gasteiger partial charge on any atom is -0.378 e. The van der Waals surface area contributed by atoms with Gasteiger partial charge in [-0.2, -0.15) is 0 Å². The third-order valence-electron chi connectivity index (χ3n) is 3.64. The molecule has 1 amide bonds. The van der Waals surface area contributed by atoms with Crippen LogP contribution in [0.1, 0.15) is 18.4 Å². The predicted octanol–water partition coefficient (Wildman–Crippen LogP) is 1.21. The highest BCUT2D eigenvalue weighted by atomic mass is 35.5. The Morgan fingerprint density at radius 3 is 3.15 bits per heavy atom. The van der Waals surface area contributed by atoms with E-state index in [1.807, 2.05) is 12.1 Å². The van der Waals surface area contributed by atoms with Gasteiger partial charge in [0.15, 0.2) is 0 Å². The largest absolute Gasteiger partial charge is 0.378 e. The van der Waals surface area contributed by atoms with Crippen LogP contribution in [0.5, 0.6) is 0 Å². The van der Waals surface area contributed by atoms with Gasteiger partial charge in [-0.15, -0.1) is 0 Å². The van der Waals surface area contributed by atoms with Crippen LogP contribution in [0.3, 0.4) is 0 Å². The topological polar surface area (TPSA) is 54.5 Å². The molecule has 1 aromatic heterocycles. The SMILES string of the molecule is O=C(NC1CC1)C1COCCN1Cc1ccnc(Cl)c1. The number of nitrogens with zero attached hydrogens (tertiary/aromatic N) is 2. The van der Waals surface area contributed by atoms with Crippen molar-refractivity contribution in [3.8, 4) is 0 Å². The van der Waals surface area contributed by atoms with Crippen molar-refractivity contribution >= 4 is 17.5 Å². The number of halogens is 1. The molecule has 1 atom stereocenters. The summed E-state index contributed by atoms with van der Waals surface area (Å²) in [5, 5.41) is 3.53. The first kappa shape index (κ1) is 13.8.